The quantitative estimate of drug-likeness (QED) is 0.585. The summed E-state index contributed by atoms with van der Waals surface area (Å²) >= 11 is 0. The van der Waals surface area contributed by atoms with Crippen LogP contribution in [0.3, 0.4) is 0 Å². The fraction of sp³-hybridized carbons (Fsp3) is 0.231. The van der Waals surface area contributed by atoms with Crippen LogP contribution in [0.4, 0.5) is 5.69 Å². The first-order valence-electron chi connectivity index (χ1n) is 10.5. The molecule has 1 saturated heterocycles. The van der Waals surface area contributed by atoms with Crippen LogP contribution in [0.1, 0.15) is 16.7 Å². The van der Waals surface area contributed by atoms with E-state index in [0.717, 1.165) is 16.7 Å². The van der Waals surface area contributed by atoms with Crippen LogP contribution >= 0.6 is 0 Å². The van der Waals surface area contributed by atoms with E-state index >= 15 is 0 Å². The van der Waals surface area contributed by atoms with E-state index in [-0.39, 0.29) is 18.4 Å². The first kappa shape index (κ1) is 20.3. The summed E-state index contributed by atoms with van der Waals surface area (Å²) in [6, 6.07) is 25.2. The molecule has 0 aromatic heterocycles. The number of likely N-dealkylation sites (N-methyl/N-ethyl adjacent to an activating group) is 1. The third-order valence-electron chi connectivity index (χ3n) is 6.41. The number of methoxy groups -OCH3 is 1. The highest BCUT2D eigenvalue weighted by molar-refractivity contribution is 6.04. The minimum absolute atomic E-state index is 0.0214. The zero-order valence-corrected chi connectivity index (χ0v) is 18.0. The lowest BCUT2D eigenvalue weighted by Crippen LogP contribution is -2.73. The van der Waals surface area contributed by atoms with E-state index in [1.54, 1.807) is 24.0 Å². The van der Waals surface area contributed by atoms with Crippen LogP contribution in [0.2, 0.25) is 0 Å². The third kappa shape index (κ3) is 2.91. The molecule has 0 aliphatic carbocycles. The monoisotopic (exact) mass is 428 g/mol. The van der Waals surface area contributed by atoms with Gasteiger partial charge in [-0.05, 0) is 17.2 Å². The predicted octanol–water partition coefficient (Wildman–Crippen LogP) is 3.34. The molecule has 0 spiro atoms. The molecule has 2 aliphatic heterocycles. The molecule has 0 bridgehead atoms. The lowest BCUT2D eigenvalue weighted by Gasteiger charge is -2.56. The first-order valence-corrected chi connectivity index (χ1v) is 10.5. The average Bonchev–Trinajstić information content (AvgIpc) is 2.92. The molecule has 5 rings (SSSR count). The molecule has 6 heteroatoms. The standard InChI is InChI=1S/C26H24N2O4/c1-27-22-15-20(31-2)13-14-21(22)26(19-11-7-4-8-12-19)24(25(30)28(26)16-23(27)29)32-17-18-9-5-3-6-10-18/h3-15,24H,16-17H2,1-2H3. The summed E-state index contributed by atoms with van der Waals surface area (Å²) in [5.41, 5.74) is 2.54. The molecule has 0 N–H and O–H groups in total. The normalized spacial score (nSPS) is 22.0. The highest BCUT2D eigenvalue weighted by atomic mass is 16.5. The molecule has 6 nitrogen and oxygen atoms in total. The van der Waals surface area contributed by atoms with Crippen LogP contribution < -0.4 is 9.64 Å². The largest absolute Gasteiger partial charge is 0.497 e. The van der Waals surface area contributed by atoms with E-state index < -0.39 is 11.6 Å². The summed E-state index contributed by atoms with van der Waals surface area (Å²) in [6.07, 6.45) is -0.753. The Balaban J connectivity index is 1.68. The van der Waals surface area contributed by atoms with Crippen LogP contribution in [-0.2, 0) is 26.5 Å². The van der Waals surface area contributed by atoms with Gasteiger partial charge in [0.2, 0.25) is 5.91 Å². The van der Waals surface area contributed by atoms with Crippen molar-refractivity contribution in [1.82, 2.24) is 4.90 Å². The van der Waals surface area contributed by atoms with Gasteiger partial charge >= 0.3 is 0 Å². The van der Waals surface area contributed by atoms with E-state index in [9.17, 15) is 9.59 Å². The molecule has 2 amide bonds. The van der Waals surface area contributed by atoms with Crippen molar-refractivity contribution in [2.45, 2.75) is 18.2 Å². The maximum atomic E-state index is 13.3. The van der Waals surface area contributed by atoms with Crippen molar-refractivity contribution < 1.29 is 19.1 Å². The molecule has 0 saturated carbocycles. The minimum atomic E-state index is -0.908. The van der Waals surface area contributed by atoms with Crippen molar-refractivity contribution in [3.8, 4) is 5.75 Å². The third-order valence-corrected chi connectivity index (χ3v) is 6.41. The summed E-state index contributed by atoms with van der Waals surface area (Å²) in [4.78, 5) is 29.6. The van der Waals surface area contributed by atoms with Crippen molar-refractivity contribution in [3.63, 3.8) is 0 Å². The highest BCUT2D eigenvalue weighted by Gasteiger charge is 2.65. The Hall–Kier alpha value is -3.64. The van der Waals surface area contributed by atoms with Gasteiger partial charge in [-0.25, -0.2) is 0 Å². The van der Waals surface area contributed by atoms with Crippen LogP contribution in [0.15, 0.2) is 78.9 Å². The fourth-order valence-corrected chi connectivity index (χ4v) is 4.77. The van der Waals surface area contributed by atoms with Crippen molar-refractivity contribution in [3.05, 3.63) is 95.6 Å². The zero-order chi connectivity index (χ0) is 22.3. The van der Waals surface area contributed by atoms with Gasteiger partial charge in [-0.2, -0.15) is 0 Å². The molecule has 3 aromatic carbocycles. The first-order chi connectivity index (χ1) is 15.6. The maximum Gasteiger partial charge on any atom is 0.256 e. The van der Waals surface area contributed by atoms with E-state index in [4.69, 9.17) is 9.47 Å². The topological polar surface area (TPSA) is 59.1 Å². The maximum absolute atomic E-state index is 13.3. The number of anilines is 1. The Morgan fingerprint density at radius 3 is 2.34 bits per heavy atom. The number of carbonyl (C=O) groups is 2. The summed E-state index contributed by atoms with van der Waals surface area (Å²) in [6.45, 7) is 0.279. The number of benzene rings is 3. The van der Waals surface area contributed by atoms with E-state index in [1.807, 2.05) is 78.9 Å². The Morgan fingerprint density at radius 2 is 1.66 bits per heavy atom. The second kappa shape index (κ2) is 7.80. The summed E-state index contributed by atoms with van der Waals surface area (Å²) in [7, 11) is 3.33. The molecule has 32 heavy (non-hydrogen) atoms. The predicted molar refractivity (Wildman–Crippen MR) is 120 cm³/mol. The molecule has 0 radical (unpaired) electrons. The molecule has 2 unspecified atom stereocenters. The highest BCUT2D eigenvalue weighted by Crippen LogP contribution is 2.53. The molecule has 2 atom stereocenters. The Bertz CT molecular complexity index is 1160. The number of amides is 2. The van der Waals surface area contributed by atoms with Gasteiger partial charge in [0.1, 0.15) is 17.8 Å². The Kier molecular flexibility index (Phi) is 4.94. The Labute approximate surface area is 187 Å². The SMILES string of the molecule is COc1ccc2c(c1)N(C)C(=O)CN1C(=O)C(OCc3ccccc3)C21c1ccccc1. The van der Waals surface area contributed by atoms with Crippen LogP contribution in [0.5, 0.6) is 5.75 Å². The Morgan fingerprint density at radius 1 is 0.969 bits per heavy atom. The number of carbonyl (C=O) groups excluding carboxylic acids is 2. The smallest absolute Gasteiger partial charge is 0.256 e. The van der Waals surface area contributed by atoms with Gasteiger partial charge in [-0.3, -0.25) is 9.59 Å². The molecule has 3 aromatic rings. The van der Waals surface area contributed by atoms with Gasteiger partial charge in [0.15, 0.2) is 6.10 Å². The lowest BCUT2D eigenvalue weighted by molar-refractivity contribution is -0.192. The molecule has 162 valence electrons. The van der Waals surface area contributed by atoms with E-state index in [2.05, 4.69) is 0 Å². The lowest BCUT2D eigenvalue weighted by atomic mass is 9.69. The summed E-state index contributed by atoms with van der Waals surface area (Å²) in [5.74, 6) is 0.301. The van der Waals surface area contributed by atoms with Crippen LogP contribution in [0, 0.1) is 0 Å². The van der Waals surface area contributed by atoms with Crippen molar-refractivity contribution in [2.75, 3.05) is 25.6 Å². The average molecular weight is 428 g/mol. The molecule has 2 aliphatic rings. The summed E-state index contributed by atoms with van der Waals surface area (Å²) < 4.78 is 11.7. The van der Waals surface area contributed by atoms with Gasteiger partial charge in [-0.15, -0.1) is 0 Å². The molecular weight excluding hydrogens is 404 g/mol. The fourth-order valence-electron chi connectivity index (χ4n) is 4.77. The number of ether oxygens (including phenoxy) is 2. The second-order valence-corrected chi connectivity index (χ2v) is 8.07. The van der Waals surface area contributed by atoms with Gasteiger partial charge in [-0.1, -0.05) is 66.7 Å². The van der Waals surface area contributed by atoms with Gasteiger partial charge in [0, 0.05) is 18.7 Å². The van der Waals surface area contributed by atoms with Crippen molar-refractivity contribution >= 4 is 17.5 Å². The number of rotatable bonds is 5. The number of hydrogen-bond donors (Lipinski definition) is 0. The zero-order valence-electron chi connectivity index (χ0n) is 18.0. The number of fused-ring (bicyclic) bond motifs is 3. The number of nitrogens with zero attached hydrogens (tertiary/aromatic N) is 2. The van der Waals surface area contributed by atoms with Gasteiger partial charge in [0.05, 0.1) is 19.4 Å². The molecular formula is C26H24N2O4. The number of hydrogen-bond acceptors (Lipinski definition) is 4. The summed E-state index contributed by atoms with van der Waals surface area (Å²) in [5, 5.41) is 0. The van der Waals surface area contributed by atoms with Gasteiger partial charge < -0.3 is 19.3 Å². The van der Waals surface area contributed by atoms with Crippen LogP contribution in [0.25, 0.3) is 0 Å². The number of β-lactam (4-membered cyclic amide) rings is 1. The van der Waals surface area contributed by atoms with E-state index in [1.165, 1.54) is 0 Å². The van der Waals surface area contributed by atoms with E-state index in [0.29, 0.717) is 18.0 Å². The van der Waals surface area contributed by atoms with Crippen LogP contribution in [-0.4, -0.2) is 43.5 Å². The molecule has 2 heterocycles. The second-order valence-electron chi connectivity index (χ2n) is 8.07. The van der Waals surface area contributed by atoms with Gasteiger partial charge in [0.25, 0.3) is 5.91 Å². The van der Waals surface area contributed by atoms with Crippen molar-refractivity contribution in [2.24, 2.45) is 0 Å². The minimum Gasteiger partial charge on any atom is -0.497 e. The van der Waals surface area contributed by atoms with Crippen molar-refractivity contribution in [1.29, 1.82) is 0 Å². The molecule has 1 fully saturated rings.